The van der Waals surface area contributed by atoms with Crippen molar-refractivity contribution in [2.24, 2.45) is 0 Å². The third-order valence-electron chi connectivity index (χ3n) is 5.40. The minimum atomic E-state index is -0.912. The van der Waals surface area contributed by atoms with Gasteiger partial charge in [-0.05, 0) is 67.3 Å². The van der Waals surface area contributed by atoms with Crippen molar-refractivity contribution in [2.75, 3.05) is 18.2 Å². The van der Waals surface area contributed by atoms with E-state index >= 15 is 0 Å². The highest BCUT2D eigenvalue weighted by Crippen LogP contribution is 2.32. The molecule has 0 aliphatic heterocycles. The third kappa shape index (κ3) is 8.14. The molecule has 0 radical (unpaired) electrons. The van der Waals surface area contributed by atoms with Crippen LogP contribution in [0.2, 0.25) is 0 Å². The Morgan fingerprint density at radius 3 is 2.46 bits per heavy atom. The molecule has 9 nitrogen and oxygen atoms in total. The Bertz CT molecular complexity index is 1260. The second-order valence-electron chi connectivity index (χ2n) is 8.06. The first-order valence-corrected chi connectivity index (χ1v) is 11.6. The van der Waals surface area contributed by atoms with E-state index in [2.05, 4.69) is 10.6 Å². The fraction of sp³-hybridized carbons (Fsp3) is 0.179. The summed E-state index contributed by atoms with van der Waals surface area (Å²) in [4.78, 5) is 36.9. The second kappa shape index (κ2) is 13.3. The molecule has 3 aromatic rings. The summed E-state index contributed by atoms with van der Waals surface area (Å²) in [6, 6.07) is 19.9. The predicted octanol–water partition coefficient (Wildman–Crippen LogP) is 4.96. The number of nitrogen functional groups attached to an aromatic ring is 1. The number of para-hydroxylation sites is 2. The average Bonchev–Trinajstić information content (AvgIpc) is 2.89. The summed E-state index contributed by atoms with van der Waals surface area (Å²) in [5.41, 5.74) is 7.68. The van der Waals surface area contributed by atoms with Crippen LogP contribution in [-0.2, 0) is 9.53 Å². The fourth-order valence-corrected chi connectivity index (χ4v) is 3.51. The van der Waals surface area contributed by atoms with Crippen LogP contribution in [0.5, 0.6) is 11.5 Å². The number of allylic oxidation sites excluding steroid dienone is 1. The van der Waals surface area contributed by atoms with Gasteiger partial charge in [0.15, 0.2) is 11.5 Å². The Morgan fingerprint density at radius 1 is 1.03 bits per heavy atom. The normalized spacial score (nSPS) is 11.5. The van der Waals surface area contributed by atoms with Crippen LogP contribution < -0.4 is 21.1 Å². The van der Waals surface area contributed by atoms with Crippen LogP contribution >= 0.6 is 0 Å². The number of imide groups is 1. The molecule has 3 amide bonds. The van der Waals surface area contributed by atoms with Gasteiger partial charge in [-0.3, -0.25) is 14.9 Å². The zero-order chi connectivity index (χ0) is 26.6. The quantitative estimate of drug-likeness (QED) is 0.174. The lowest BCUT2D eigenvalue weighted by molar-refractivity contribution is -0.111. The maximum atomic E-state index is 12.5. The molecule has 0 spiro atoms. The standard InChI is InChI=1S/C28H29N3O6/c1-36-25-17-16-20(18-23(25)32)24(37-28(35)31-27(34)19-10-4-2-5-11-19)14-6-3-7-15-26(33)30-22-13-9-8-12-21(22)29/h2,4-5,7-13,15-18,24,32H,3,6,14,29H2,1H3,(H,30,33)(H,31,34,35)/b15-7+/t24-/m0/s1. The van der Waals surface area contributed by atoms with Crippen molar-refractivity contribution in [3.05, 3.63) is 96.1 Å². The lowest BCUT2D eigenvalue weighted by atomic mass is 10.0. The van der Waals surface area contributed by atoms with Crippen LogP contribution in [0, 0.1) is 0 Å². The second-order valence-corrected chi connectivity index (χ2v) is 8.06. The molecule has 0 heterocycles. The number of nitrogens with one attached hydrogen (secondary N) is 2. The van der Waals surface area contributed by atoms with Gasteiger partial charge in [0, 0.05) is 5.56 Å². The zero-order valence-corrected chi connectivity index (χ0v) is 20.3. The number of hydrogen-bond donors (Lipinski definition) is 4. The average molecular weight is 504 g/mol. The lowest BCUT2D eigenvalue weighted by Crippen LogP contribution is -2.32. The Kier molecular flexibility index (Phi) is 9.66. The molecular formula is C28H29N3O6. The molecule has 0 saturated heterocycles. The van der Waals surface area contributed by atoms with E-state index < -0.39 is 18.1 Å². The Morgan fingerprint density at radius 2 is 1.76 bits per heavy atom. The SMILES string of the molecule is COc1ccc([C@H](CCC/C=C/C(=O)Nc2ccccc2N)OC(=O)NC(=O)c2ccccc2)cc1O. The van der Waals surface area contributed by atoms with E-state index in [4.69, 9.17) is 15.2 Å². The summed E-state index contributed by atoms with van der Waals surface area (Å²) in [6.07, 6.45) is 2.88. The summed E-state index contributed by atoms with van der Waals surface area (Å²) in [5.74, 6) is -0.732. The largest absolute Gasteiger partial charge is 0.504 e. The number of aromatic hydroxyl groups is 1. The first-order valence-electron chi connectivity index (χ1n) is 11.6. The molecule has 0 saturated carbocycles. The van der Waals surface area contributed by atoms with E-state index in [1.165, 1.54) is 19.3 Å². The lowest BCUT2D eigenvalue weighted by Gasteiger charge is -2.19. The number of methoxy groups -OCH3 is 1. The van der Waals surface area contributed by atoms with Gasteiger partial charge in [0.25, 0.3) is 5.91 Å². The molecule has 37 heavy (non-hydrogen) atoms. The van der Waals surface area contributed by atoms with Crippen LogP contribution in [-0.4, -0.2) is 30.1 Å². The molecule has 5 N–H and O–H groups in total. The number of phenolic OH excluding ortho intramolecular Hbond substituents is 1. The van der Waals surface area contributed by atoms with Crippen LogP contribution in [0.1, 0.15) is 41.3 Å². The minimum absolute atomic E-state index is 0.105. The molecule has 0 aliphatic carbocycles. The molecular weight excluding hydrogens is 474 g/mol. The molecule has 192 valence electrons. The van der Waals surface area contributed by atoms with Gasteiger partial charge >= 0.3 is 6.09 Å². The highest BCUT2D eigenvalue weighted by molar-refractivity contribution is 6.03. The molecule has 3 aromatic carbocycles. The molecule has 9 heteroatoms. The molecule has 3 rings (SSSR count). The van der Waals surface area contributed by atoms with E-state index in [1.807, 2.05) is 0 Å². The number of carbonyl (C=O) groups excluding carboxylic acids is 3. The topological polar surface area (TPSA) is 140 Å². The molecule has 0 unspecified atom stereocenters. The highest BCUT2D eigenvalue weighted by Gasteiger charge is 2.20. The molecule has 0 aromatic heterocycles. The van der Waals surface area contributed by atoms with Crippen molar-refractivity contribution < 1.29 is 29.0 Å². The zero-order valence-electron chi connectivity index (χ0n) is 20.3. The number of amides is 3. The van der Waals surface area contributed by atoms with E-state index in [1.54, 1.807) is 72.8 Å². The van der Waals surface area contributed by atoms with Crippen molar-refractivity contribution in [1.29, 1.82) is 0 Å². The number of alkyl carbamates (subject to hydrolysis) is 1. The van der Waals surface area contributed by atoms with Gasteiger partial charge in [-0.25, -0.2) is 4.79 Å². The Hall–Kier alpha value is -4.79. The summed E-state index contributed by atoms with van der Waals surface area (Å²) >= 11 is 0. The van der Waals surface area contributed by atoms with Gasteiger partial charge < -0.3 is 25.6 Å². The number of unbranched alkanes of at least 4 members (excludes halogenated alkanes) is 1. The van der Waals surface area contributed by atoms with Crippen molar-refractivity contribution in [3.63, 3.8) is 0 Å². The maximum Gasteiger partial charge on any atom is 0.414 e. The van der Waals surface area contributed by atoms with E-state index in [-0.39, 0.29) is 17.4 Å². The van der Waals surface area contributed by atoms with E-state index in [0.717, 1.165) is 0 Å². The van der Waals surface area contributed by atoms with Gasteiger partial charge in [-0.2, -0.15) is 0 Å². The monoisotopic (exact) mass is 503 g/mol. The first kappa shape index (κ1) is 26.8. The maximum absolute atomic E-state index is 12.5. The van der Waals surface area contributed by atoms with Crippen molar-refractivity contribution in [1.82, 2.24) is 5.32 Å². The van der Waals surface area contributed by atoms with Crippen molar-refractivity contribution >= 4 is 29.3 Å². The Labute approximate surface area is 214 Å². The number of nitrogens with two attached hydrogens (primary N) is 1. The van der Waals surface area contributed by atoms with Gasteiger partial charge in [-0.1, -0.05) is 42.5 Å². The van der Waals surface area contributed by atoms with E-state index in [9.17, 15) is 19.5 Å². The summed E-state index contributed by atoms with van der Waals surface area (Å²) < 4.78 is 10.6. The van der Waals surface area contributed by atoms with E-state index in [0.29, 0.717) is 41.8 Å². The number of hydrogen-bond acceptors (Lipinski definition) is 7. The molecule has 0 bridgehead atoms. The van der Waals surface area contributed by atoms with Gasteiger partial charge in [0.1, 0.15) is 6.10 Å². The number of carbonyl (C=O) groups is 3. The summed E-state index contributed by atoms with van der Waals surface area (Å²) in [5, 5.41) is 15.1. The smallest absolute Gasteiger partial charge is 0.414 e. The van der Waals surface area contributed by atoms with Crippen LogP contribution in [0.15, 0.2) is 84.9 Å². The Balaban J connectivity index is 1.60. The van der Waals surface area contributed by atoms with Crippen LogP contribution in [0.25, 0.3) is 0 Å². The molecule has 0 aliphatic rings. The number of anilines is 2. The van der Waals surface area contributed by atoms with Crippen molar-refractivity contribution in [2.45, 2.75) is 25.4 Å². The predicted molar refractivity (Wildman–Crippen MR) is 140 cm³/mol. The van der Waals surface area contributed by atoms with Crippen LogP contribution in [0.3, 0.4) is 0 Å². The first-order chi connectivity index (χ1) is 17.9. The summed E-state index contributed by atoms with van der Waals surface area (Å²) in [7, 11) is 1.43. The van der Waals surface area contributed by atoms with Gasteiger partial charge in [-0.15, -0.1) is 0 Å². The summed E-state index contributed by atoms with van der Waals surface area (Å²) in [6.45, 7) is 0. The number of ether oxygens (including phenoxy) is 2. The molecule has 0 fully saturated rings. The minimum Gasteiger partial charge on any atom is -0.504 e. The van der Waals surface area contributed by atoms with Gasteiger partial charge in [0.05, 0.1) is 18.5 Å². The molecule has 1 atom stereocenters. The third-order valence-corrected chi connectivity index (χ3v) is 5.40. The number of phenols is 1. The number of rotatable bonds is 10. The van der Waals surface area contributed by atoms with Gasteiger partial charge in [0.2, 0.25) is 5.91 Å². The van der Waals surface area contributed by atoms with Crippen LogP contribution in [0.4, 0.5) is 16.2 Å². The van der Waals surface area contributed by atoms with Crippen molar-refractivity contribution in [3.8, 4) is 11.5 Å². The fourth-order valence-electron chi connectivity index (χ4n) is 3.51. The highest BCUT2D eigenvalue weighted by atomic mass is 16.6. The number of benzene rings is 3.